The molecule has 12 aromatic rings. The van der Waals surface area contributed by atoms with E-state index in [9.17, 15) is 0 Å². The van der Waals surface area contributed by atoms with E-state index in [2.05, 4.69) is 265 Å². The van der Waals surface area contributed by atoms with Gasteiger partial charge in [0.1, 0.15) is 0 Å². The van der Waals surface area contributed by atoms with Gasteiger partial charge in [-0.05, 0) is 137 Å². The van der Waals surface area contributed by atoms with E-state index < -0.39 is 10.8 Å². The summed E-state index contributed by atoms with van der Waals surface area (Å²) in [6.45, 7) is 0. The molecule has 0 N–H and O–H groups in total. The molecule has 320 valence electrons. The third-order valence-electron chi connectivity index (χ3n) is 15.9. The summed E-state index contributed by atoms with van der Waals surface area (Å²) >= 11 is 0. The highest BCUT2D eigenvalue weighted by Gasteiger charge is 2.59. The number of hydrogen-bond donors (Lipinski definition) is 0. The molecule has 11 aromatic carbocycles. The lowest BCUT2D eigenvalue weighted by Gasteiger charge is -2.48. The molecule has 1 aromatic heterocycles. The summed E-state index contributed by atoms with van der Waals surface area (Å²) < 4.78 is 2.45. The Labute approximate surface area is 401 Å². The highest BCUT2D eigenvalue weighted by Crippen LogP contribution is 2.68. The summed E-state index contributed by atoms with van der Waals surface area (Å²) in [5.74, 6) is 0. The zero-order valence-corrected chi connectivity index (χ0v) is 37.8. The van der Waals surface area contributed by atoms with Crippen LogP contribution in [-0.4, -0.2) is 4.57 Å². The minimum Gasteiger partial charge on any atom is -0.309 e. The SMILES string of the molecule is c1ccc(-c2ccc(-n3c4ccc(-c5ccccc5)cc4c4cc(-c5cccc6c5-c5ccccc5C65c6ccccc6C6(c7ccccc7-c7ccccc76)c6ccccc65)ccc43)cc2)cc1. The first-order chi connectivity index (χ1) is 34.2. The molecule has 0 unspecified atom stereocenters. The summed E-state index contributed by atoms with van der Waals surface area (Å²) in [5.41, 5.74) is 25.9. The number of hydrogen-bond acceptors (Lipinski definition) is 0. The Hall–Kier alpha value is -8.78. The van der Waals surface area contributed by atoms with Crippen LogP contribution < -0.4 is 0 Å². The summed E-state index contributed by atoms with van der Waals surface area (Å²) in [7, 11) is 0. The van der Waals surface area contributed by atoms with Crippen LogP contribution >= 0.6 is 0 Å². The largest absolute Gasteiger partial charge is 0.309 e. The molecular formula is C68H43N. The Morgan fingerprint density at radius 3 is 1.14 bits per heavy atom. The minimum absolute atomic E-state index is 0.472. The summed E-state index contributed by atoms with van der Waals surface area (Å²) in [4.78, 5) is 0. The molecule has 15 rings (SSSR count). The lowest BCUT2D eigenvalue weighted by atomic mass is 9.52. The van der Waals surface area contributed by atoms with Gasteiger partial charge in [0.2, 0.25) is 0 Å². The maximum Gasteiger partial charge on any atom is 0.0720 e. The topological polar surface area (TPSA) is 4.93 Å². The summed E-state index contributed by atoms with van der Waals surface area (Å²) in [6.07, 6.45) is 0. The van der Waals surface area contributed by atoms with Crippen molar-refractivity contribution in [1.82, 2.24) is 4.57 Å². The fourth-order valence-corrected chi connectivity index (χ4v) is 13.2. The Kier molecular flexibility index (Phi) is 7.98. The van der Waals surface area contributed by atoms with Crippen molar-refractivity contribution in [2.45, 2.75) is 10.8 Å². The van der Waals surface area contributed by atoms with E-state index in [1.807, 2.05) is 0 Å². The Morgan fingerprint density at radius 2 is 0.594 bits per heavy atom. The fourth-order valence-electron chi connectivity index (χ4n) is 13.2. The van der Waals surface area contributed by atoms with Gasteiger partial charge in [-0.15, -0.1) is 0 Å². The quantitative estimate of drug-likeness (QED) is 0.166. The van der Waals surface area contributed by atoms with Gasteiger partial charge >= 0.3 is 0 Å². The van der Waals surface area contributed by atoms with Gasteiger partial charge < -0.3 is 4.57 Å². The molecule has 0 aliphatic heterocycles. The van der Waals surface area contributed by atoms with Crippen molar-refractivity contribution in [3.05, 3.63) is 305 Å². The minimum atomic E-state index is -0.552. The zero-order chi connectivity index (χ0) is 45.3. The third kappa shape index (κ3) is 5.04. The molecule has 0 saturated carbocycles. The van der Waals surface area contributed by atoms with E-state index in [0.717, 1.165) is 5.69 Å². The molecule has 69 heavy (non-hydrogen) atoms. The monoisotopic (exact) mass is 873 g/mol. The highest BCUT2D eigenvalue weighted by molar-refractivity contribution is 6.12. The smallest absolute Gasteiger partial charge is 0.0720 e. The number of aromatic nitrogens is 1. The van der Waals surface area contributed by atoms with Gasteiger partial charge in [-0.1, -0.05) is 224 Å². The highest BCUT2D eigenvalue weighted by atomic mass is 15.0. The van der Waals surface area contributed by atoms with E-state index in [-0.39, 0.29) is 0 Å². The fraction of sp³-hybridized carbons (Fsp3) is 0.0294. The standard InChI is InChI=1S/C68H43N/c1-3-18-44(19-4-1)46-34-38-49(39-35-46)69-64-40-36-47(45-20-5-2-6-21-45)42-54(64)55-43-48(37-41-65(55)69)50-25-17-33-63-66(50)53-24-9-12-28-58(53)68(63)61-31-15-13-29-59(61)67(60-30-14-16-32-62(60)68)56-26-10-7-22-51(56)52-23-8-11-27-57(52)67/h1-43H. The van der Waals surface area contributed by atoms with E-state index in [1.54, 1.807) is 0 Å². The van der Waals surface area contributed by atoms with Crippen LogP contribution in [0, 0.1) is 0 Å². The van der Waals surface area contributed by atoms with Crippen molar-refractivity contribution < 1.29 is 0 Å². The first kappa shape index (κ1) is 38.3. The average Bonchev–Trinajstić information content (AvgIpc) is 4.03. The van der Waals surface area contributed by atoms with Crippen LogP contribution in [0.3, 0.4) is 0 Å². The van der Waals surface area contributed by atoms with Crippen molar-refractivity contribution in [3.8, 4) is 61.3 Å². The first-order valence-electron chi connectivity index (χ1n) is 24.2. The maximum atomic E-state index is 2.47. The maximum absolute atomic E-state index is 2.47. The van der Waals surface area contributed by atoms with Crippen LogP contribution in [0.25, 0.3) is 83.1 Å². The Bertz CT molecular complexity index is 3960. The molecule has 3 aliphatic carbocycles. The van der Waals surface area contributed by atoms with E-state index in [0.29, 0.717) is 0 Å². The normalized spacial score (nSPS) is 14.0. The molecule has 2 spiro atoms. The number of fused-ring (bicyclic) bond motifs is 19. The van der Waals surface area contributed by atoms with Gasteiger partial charge in [-0.2, -0.15) is 0 Å². The number of benzene rings is 11. The van der Waals surface area contributed by atoms with Gasteiger partial charge in [0.15, 0.2) is 0 Å². The molecule has 1 nitrogen and oxygen atoms in total. The molecule has 0 saturated heterocycles. The summed E-state index contributed by atoms with van der Waals surface area (Å²) in [5, 5.41) is 2.47. The van der Waals surface area contributed by atoms with E-state index in [4.69, 9.17) is 0 Å². The van der Waals surface area contributed by atoms with Gasteiger partial charge in [-0.25, -0.2) is 0 Å². The first-order valence-corrected chi connectivity index (χ1v) is 24.2. The van der Waals surface area contributed by atoms with Crippen LogP contribution in [0.15, 0.2) is 261 Å². The molecule has 1 heterocycles. The van der Waals surface area contributed by atoms with Gasteiger partial charge in [-0.3, -0.25) is 0 Å². The molecule has 0 radical (unpaired) electrons. The van der Waals surface area contributed by atoms with Crippen molar-refractivity contribution in [2.75, 3.05) is 0 Å². The average molecular weight is 874 g/mol. The van der Waals surface area contributed by atoms with Gasteiger partial charge in [0.05, 0.1) is 21.9 Å². The second-order valence-corrected chi connectivity index (χ2v) is 19.0. The van der Waals surface area contributed by atoms with Crippen LogP contribution in [0.5, 0.6) is 0 Å². The Morgan fingerprint density at radius 1 is 0.232 bits per heavy atom. The molecular weight excluding hydrogens is 831 g/mol. The van der Waals surface area contributed by atoms with Crippen LogP contribution in [0.2, 0.25) is 0 Å². The Balaban J connectivity index is 0.979. The second-order valence-electron chi connectivity index (χ2n) is 19.0. The molecule has 0 bridgehead atoms. The van der Waals surface area contributed by atoms with Crippen LogP contribution in [0.4, 0.5) is 0 Å². The van der Waals surface area contributed by atoms with Gasteiger partial charge in [0, 0.05) is 16.5 Å². The molecule has 3 aliphatic rings. The molecule has 0 amide bonds. The van der Waals surface area contributed by atoms with Crippen LogP contribution in [0.1, 0.15) is 44.5 Å². The summed E-state index contributed by atoms with van der Waals surface area (Å²) in [6, 6.07) is 98.1. The third-order valence-corrected chi connectivity index (χ3v) is 15.9. The zero-order valence-electron chi connectivity index (χ0n) is 37.8. The van der Waals surface area contributed by atoms with Crippen molar-refractivity contribution in [1.29, 1.82) is 0 Å². The van der Waals surface area contributed by atoms with Crippen molar-refractivity contribution in [3.63, 3.8) is 0 Å². The predicted molar refractivity (Wildman–Crippen MR) is 285 cm³/mol. The van der Waals surface area contributed by atoms with Crippen molar-refractivity contribution in [2.24, 2.45) is 0 Å². The number of rotatable bonds is 4. The van der Waals surface area contributed by atoms with Crippen molar-refractivity contribution >= 4 is 21.8 Å². The van der Waals surface area contributed by atoms with E-state index in [1.165, 1.54) is 122 Å². The molecule has 1 heteroatoms. The lowest BCUT2D eigenvalue weighted by Crippen LogP contribution is -2.43. The van der Waals surface area contributed by atoms with Crippen LogP contribution in [-0.2, 0) is 10.8 Å². The molecule has 0 fully saturated rings. The van der Waals surface area contributed by atoms with Gasteiger partial charge in [0.25, 0.3) is 0 Å². The second kappa shape index (κ2) is 14.4. The van der Waals surface area contributed by atoms with E-state index >= 15 is 0 Å². The lowest BCUT2D eigenvalue weighted by molar-refractivity contribution is 0.633. The molecule has 0 atom stereocenters. The predicted octanol–water partition coefficient (Wildman–Crippen LogP) is 16.8. The number of nitrogens with zero attached hydrogens (tertiary/aromatic N) is 1.